The van der Waals surface area contributed by atoms with E-state index in [0.29, 0.717) is 24.4 Å². The van der Waals surface area contributed by atoms with Crippen molar-refractivity contribution >= 4 is 40.4 Å². The van der Waals surface area contributed by atoms with Crippen LogP contribution in [0.4, 0.5) is 4.79 Å². The monoisotopic (exact) mass is 500 g/mol. The van der Waals surface area contributed by atoms with E-state index in [4.69, 9.17) is 4.74 Å². The summed E-state index contributed by atoms with van der Waals surface area (Å²) in [5.41, 5.74) is 0.937. The van der Waals surface area contributed by atoms with Crippen LogP contribution < -0.4 is 26.0 Å². The summed E-state index contributed by atoms with van der Waals surface area (Å²) in [7, 11) is 2.84. The Kier molecular flexibility index (Phi) is 8.51. The number of aromatic amines is 1. The number of nitrogens with one attached hydrogen (secondary N) is 5. The number of nitrogens with zero attached hydrogens (tertiary/aromatic N) is 1. The molecule has 0 saturated carbocycles. The maximum atomic E-state index is 13.2. The first-order chi connectivity index (χ1) is 17.1. The zero-order chi connectivity index (χ0) is 26.4. The van der Waals surface area contributed by atoms with E-state index in [2.05, 4.69) is 26.3 Å². The molecule has 0 radical (unpaired) electrons. The highest BCUT2D eigenvalue weighted by Crippen LogP contribution is 2.26. The Morgan fingerprint density at radius 3 is 2.50 bits per heavy atom. The third kappa shape index (κ3) is 6.12. The Morgan fingerprint density at radius 2 is 1.89 bits per heavy atom. The van der Waals surface area contributed by atoms with Crippen molar-refractivity contribution in [1.29, 1.82) is 0 Å². The van der Waals surface area contributed by atoms with E-state index in [1.807, 2.05) is 13.8 Å². The van der Waals surface area contributed by atoms with Crippen LogP contribution in [0.5, 0.6) is 5.75 Å². The van der Waals surface area contributed by atoms with E-state index in [0.717, 1.165) is 5.39 Å². The van der Waals surface area contributed by atoms with E-state index in [1.165, 1.54) is 19.1 Å². The molecule has 12 nitrogen and oxygen atoms in total. The van der Waals surface area contributed by atoms with Gasteiger partial charge in [-0.3, -0.25) is 19.2 Å². The molecular weight excluding hydrogens is 468 g/mol. The maximum Gasteiger partial charge on any atom is 0.317 e. The molecule has 2 aromatic rings. The molecule has 194 valence electrons. The lowest BCUT2D eigenvalue weighted by Gasteiger charge is -2.26. The number of H-pyrrole nitrogens is 1. The Hall–Kier alpha value is -4.09. The van der Waals surface area contributed by atoms with Gasteiger partial charge in [-0.2, -0.15) is 0 Å². The van der Waals surface area contributed by atoms with Crippen molar-refractivity contribution in [1.82, 2.24) is 31.2 Å². The number of ether oxygens (including phenoxy) is 1. The minimum absolute atomic E-state index is 0.0290. The molecule has 2 unspecified atom stereocenters. The molecule has 0 bridgehead atoms. The van der Waals surface area contributed by atoms with Crippen molar-refractivity contribution < 1.29 is 28.7 Å². The molecule has 3 rings (SSSR count). The van der Waals surface area contributed by atoms with E-state index >= 15 is 0 Å². The largest absolute Gasteiger partial charge is 0.496 e. The van der Waals surface area contributed by atoms with Crippen LogP contribution in [-0.4, -0.2) is 85.3 Å². The van der Waals surface area contributed by atoms with Crippen LogP contribution in [0.15, 0.2) is 24.3 Å². The van der Waals surface area contributed by atoms with Gasteiger partial charge < -0.3 is 35.9 Å². The van der Waals surface area contributed by atoms with Crippen molar-refractivity contribution in [2.24, 2.45) is 5.92 Å². The fraction of sp³-hybridized carbons (Fsp3) is 0.458. The predicted octanol–water partition coefficient (Wildman–Crippen LogP) is 0.146. The van der Waals surface area contributed by atoms with Crippen molar-refractivity contribution in [3.8, 4) is 5.75 Å². The lowest BCUT2D eigenvalue weighted by Crippen LogP contribution is -2.57. The normalized spacial score (nSPS) is 14.8. The molecule has 0 spiro atoms. The molecule has 1 aliphatic rings. The molecule has 36 heavy (non-hydrogen) atoms. The van der Waals surface area contributed by atoms with E-state index in [-0.39, 0.29) is 30.6 Å². The second kappa shape index (κ2) is 11.6. The van der Waals surface area contributed by atoms with Crippen LogP contribution in [-0.2, 0) is 14.4 Å². The number of Topliss-reactive ketones (excluding diaryl/α,β-unsaturated/α-hetero) is 1. The topological polar surface area (TPSA) is 162 Å². The summed E-state index contributed by atoms with van der Waals surface area (Å²) in [6, 6.07) is 4.35. The van der Waals surface area contributed by atoms with Crippen LogP contribution in [0, 0.1) is 5.92 Å². The average molecular weight is 501 g/mol. The van der Waals surface area contributed by atoms with Gasteiger partial charge in [-0.05, 0) is 30.5 Å². The molecular formula is C24H32N6O6. The lowest BCUT2D eigenvalue weighted by molar-refractivity contribution is -0.140. The molecule has 5 N–H and O–H groups in total. The standard InChI is InChI=1S/C24H32N6O6/c1-13(2)10-16(28-22(33)17-11-14-15(27-17)6-5-7-19(14)36-4)21(32)29-18(20(31)23(34)25-3)12-30-9-8-26-24(30)35/h5-7,11,13,16,18,27H,8-10,12H2,1-4H3,(H,25,34)(H,26,35)(H,28,33)(H,29,32). The second-order valence-corrected chi connectivity index (χ2v) is 8.94. The smallest absolute Gasteiger partial charge is 0.317 e. The molecule has 1 aliphatic heterocycles. The van der Waals surface area contributed by atoms with E-state index in [9.17, 15) is 24.0 Å². The summed E-state index contributed by atoms with van der Waals surface area (Å²) >= 11 is 0. The number of carbonyl (C=O) groups is 5. The number of likely N-dealkylation sites (N-methyl/N-ethyl adjacent to an activating group) is 1. The minimum Gasteiger partial charge on any atom is -0.496 e. The summed E-state index contributed by atoms with van der Waals surface area (Å²) in [4.78, 5) is 67.3. The Bertz CT molecular complexity index is 1160. The van der Waals surface area contributed by atoms with Crippen molar-refractivity contribution in [2.75, 3.05) is 33.8 Å². The summed E-state index contributed by atoms with van der Waals surface area (Å²) in [6.07, 6.45) is 0.284. The summed E-state index contributed by atoms with van der Waals surface area (Å²) in [5.74, 6) is -2.30. The molecule has 1 aromatic heterocycles. The number of hydrogen-bond donors (Lipinski definition) is 5. The van der Waals surface area contributed by atoms with Gasteiger partial charge in [-0.1, -0.05) is 19.9 Å². The highest BCUT2D eigenvalue weighted by atomic mass is 16.5. The highest BCUT2D eigenvalue weighted by Gasteiger charge is 2.34. The van der Waals surface area contributed by atoms with Gasteiger partial charge in [0.2, 0.25) is 11.7 Å². The number of ketones is 1. The summed E-state index contributed by atoms with van der Waals surface area (Å²) in [6.45, 7) is 4.34. The molecule has 5 amide bonds. The second-order valence-electron chi connectivity index (χ2n) is 8.94. The number of aromatic nitrogens is 1. The van der Waals surface area contributed by atoms with Crippen molar-refractivity contribution in [3.05, 3.63) is 30.0 Å². The molecule has 1 aromatic carbocycles. The number of hydrogen-bond acceptors (Lipinski definition) is 6. The first kappa shape index (κ1) is 26.5. The number of urea groups is 1. The fourth-order valence-electron chi connectivity index (χ4n) is 4.02. The Balaban J connectivity index is 1.79. The van der Waals surface area contributed by atoms with Gasteiger partial charge >= 0.3 is 6.03 Å². The van der Waals surface area contributed by atoms with E-state index in [1.54, 1.807) is 24.3 Å². The summed E-state index contributed by atoms with van der Waals surface area (Å²) in [5, 5.41) is 10.9. The zero-order valence-electron chi connectivity index (χ0n) is 20.8. The summed E-state index contributed by atoms with van der Waals surface area (Å²) < 4.78 is 5.34. The molecule has 12 heteroatoms. The molecule has 0 aliphatic carbocycles. The average Bonchev–Trinajstić information content (AvgIpc) is 3.47. The maximum absolute atomic E-state index is 13.2. The number of fused-ring (bicyclic) bond motifs is 1. The number of rotatable bonds is 11. The number of amides is 5. The molecule has 1 saturated heterocycles. The minimum atomic E-state index is -1.27. The quantitative estimate of drug-likeness (QED) is 0.276. The zero-order valence-corrected chi connectivity index (χ0v) is 20.8. The Labute approximate surface area is 208 Å². The number of methoxy groups -OCH3 is 1. The van der Waals surface area contributed by atoms with Crippen LogP contribution in [0.2, 0.25) is 0 Å². The van der Waals surface area contributed by atoms with Crippen LogP contribution in [0.25, 0.3) is 10.9 Å². The number of benzene rings is 1. The van der Waals surface area contributed by atoms with Crippen LogP contribution in [0.1, 0.15) is 30.8 Å². The third-order valence-corrected chi connectivity index (χ3v) is 5.85. The molecule has 2 heterocycles. The van der Waals surface area contributed by atoms with Gasteiger partial charge in [0.1, 0.15) is 23.5 Å². The van der Waals surface area contributed by atoms with Crippen LogP contribution >= 0.6 is 0 Å². The van der Waals surface area contributed by atoms with Gasteiger partial charge in [0.15, 0.2) is 0 Å². The number of carbonyl (C=O) groups excluding carboxylic acids is 5. The molecule has 1 fully saturated rings. The fourth-order valence-corrected chi connectivity index (χ4v) is 4.02. The SMILES string of the molecule is CNC(=O)C(=O)C(CN1CCNC1=O)NC(=O)C(CC(C)C)NC(=O)c1cc2c(OC)cccc2[nH]1. The first-order valence-corrected chi connectivity index (χ1v) is 11.7. The van der Waals surface area contributed by atoms with Gasteiger partial charge in [0.25, 0.3) is 11.8 Å². The van der Waals surface area contributed by atoms with Crippen LogP contribution in [0.3, 0.4) is 0 Å². The van der Waals surface area contributed by atoms with Crippen molar-refractivity contribution in [3.63, 3.8) is 0 Å². The highest BCUT2D eigenvalue weighted by molar-refractivity contribution is 6.38. The predicted molar refractivity (Wildman–Crippen MR) is 132 cm³/mol. The lowest BCUT2D eigenvalue weighted by atomic mass is 10.0. The third-order valence-electron chi connectivity index (χ3n) is 5.85. The van der Waals surface area contributed by atoms with Gasteiger partial charge in [0.05, 0.1) is 13.7 Å². The van der Waals surface area contributed by atoms with Gasteiger partial charge in [-0.15, -0.1) is 0 Å². The van der Waals surface area contributed by atoms with Gasteiger partial charge in [-0.25, -0.2) is 4.79 Å². The first-order valence-electron chi connectivity index (χ1n) is 11.7. The Morgan fingerprint density at radius 1 is 1.14 bits per heavy atom. The van der Waals surface area contributed by atoms with Gasteiger partial charge in [0, 0.05) is 31.0 Å². The van der Waals surface area contributed by atoms with E-state index < -0.39 is 35.6 Å². The van der Waals surface area contributed by atoms with Crippen molar-refractivity contribution in [2.45, 2.75) is 32.4 Å². The molecule has 2 atom stereocenters.